The maximum Gasteiger partial charge on any atom is 0.255 e. The van der Waals surface area contributed by atoms with Crippen LogP contribution in [0.25, 0.3) is 0 Å². The van der Waals surface area contributed by atoms with E-state index in [0.29, 0.717) is 22.9 Å². The van der Waals surface area contributed by atoms with Gasteiger partial charge in [-0.1, -0.05) is 39.0 Å². The topological polar surface area (TPSA) is 58.2 Å². The first-order valence-electron chi connectivity index (χ1n) is 8.66. The van der Waals surface area contributed by atoms with Gasteiger partial charge in [-0.2, -0.15) is 0 Å². The monoisotopic (exact) mass is 336 g/mol. The Hall–Kier alpha value is -2.62. The number of benzene rings is 2. The van der Waals surface area contributed by atoms with Gasteiger partial charge < -0.3 is 10.6 Å². The zero-order valence-corrected chi connectivity index (χ0v) is 14.9. The van der Waals surface area contributed by atoms with Crippen LogP contribution in [0, 0.1) is 0 Å². The molecule has 1 saturated carbocycles. The van der Waals surface area contributed by atoms with Crippen molar-refractivity contribution in [2.45, 2.75) is 45.1 Å². The first-order chi connectivity index (χ1) is 11.8. The van der Waals surface area contributed by atoms with Gasteiger partial charge in [-0.05, 0) is 54.2 Å². The van der Waals surface area contributed by atoms with E-state index < -0.39 is 0 Å². The Morgan fingerprint density at radius 2 is 1.60 bits per heavy atom. The van der Waals surface area contributed by atoms with Gasteiger partial charge >= 0.3 is 0 Å². The lowest BCUT2D eigenvalue weighted by Gasteiger charge is -2.19. The third-order valence-electron chi connectivity index (χ3n) is 4.31. The Morgan fingerprint density at radius 1 is 0.920 bits per heavy atom. The molecular formula is C21H24N2O2. The van der Waals surface area contributed by atoms with Crippen molar-refractivity contribution in [2.75, 3.05) is 5.32 Å². The number of nitrogens with one attached hydrogen (secondary N) is 2. The van der Waals surface area contributed by atoms with Gasteiger partial charge in [0.25, 0.3) is 11.8 Å². The van der Waals surface area contributed by atoms with Crippen molar-refractivity contribution >= 4 is 17.5 Å². The molecule has 2 amide bonds. The predicted molar refractivity (Wildman–Crippen MR) is 100 cm³/mol. The molecule has 0 unspecified atom stereocenters. The first kappa shape index (κ1) is 17.2. The Bertz CT molecular complexity index is 784. The summed E-state index contributed by atoms with van der Waals surface area (Å²) >= 11 is 0. The molecule has 0 atom stereocenters. The van der Waals surface area contributed by atoms with Gasteiger partial charge in [0.15, 0.2) is 0 Å². The molecule has 0 aliphatic heterocycles. The van der Waals surface area contributed by atoms with E-state index in [4.69, 9.17) is 0 Å². The molecule has 0 spiro atoms. The van der Waals surface area contributed by atoms with Gasteiger partial charge in [-0.15, -0.1) is 0 Å². The van der Waals surface area contributed by atoms with Crippen LogP contribution in [-0.4, -0.2) is 17.9 Å². The first-order valence-corrected chi connectivity index (χ1v) is 8.66. The van der Waals surface area contributed by atoms with Crippen LogP contribution in [0.2, 0.25) is 0 Å². The molecule has 130 valence electrons. The average molecular weight is 336 g/mol. The maximum atomic E-state index is 12.4. The van der Waals surface area contributed by atoms with E-state index in [1.54, 1.807) is 24.3 Å². The minimum Gasteiger partial charge on any atom is -0.349 e. The molecule has 0 radical (unpaired) electrons. The van der Waals surface area contributed by atoms with Crippen LogP contribution >= 0.6 is 0 Å². The van der Waals surface area contributed by atoms with Crippen LogP contribution in [0.1, 0.15) is 59.9 Å². The highest BCUT2D eigenvalue weighted by molar-refractivity contribution is 6.05. The van der Waals surface area contributed by atoms with Crippen LogP contribution in [0.4, 0.5) is 5.69 Å². The molecule has 4 nitrogen and oxygen atoms in total. The van der Waals surface area contributed by atoms with E-state index in [9.17, 15) is 9.59 Å². The molecule has 2 aromatic carbocycles. The van der Waals surface area contributed by atoms with E-state index in [-0.39, 0.29) is 17.2 Å². The van der Waals surface area contributed by atoms with Crippen molar-refractivity contribution in [3.05, 3.63) is 65.2 Å². The predicted octanol–water partition coefficient (Wildman–Crippen LogP) is 4.13. The minimum atomic E-state index is -0.180. The molecule has 4 heteroatoms. The highest BCUT2D eigenvalue weighted by Crippen LogP contribution is 2.23. The second-order valence-corrected chi connectivity index (χ2v) is 7.61. The third-order valence-corrected chi connectivity index (χ3v) is 4.31. The summed E-state index contributed by atoms with van der Waals surface area (Å²) in [7, 11) is 0. The SMILES string of the molecule is CC(C)(C)c1ccc(C(=O)Nc2cccc(C(=O)NC3CC3)c2)cc1. The summed E-state index contributed by atoms with van der Waals surface area (Å²) in [4.78, 5) is 24.5. The molecule has 2 N–H and O–H groups in total. The van der Waals surface area contributed by atoms with E-state index in [1.807, 2.05) is 24.3 Å². The average Bonchev–Trinajstić information content (AvgIpc) is 3.38. The van der Waals surface area contributed by atoms with Crippen LogP contribution in [0.5, 0.6) is 0 Å². The second-order valence-electron chi connectivity index (χ2n) is 7.61. The van der Waals surface area contributed by atoms with Crippen LogP contribution in [-0.2, 0) is 5.41 Å². The van der Waals surface area contributed by atoms with Gasteiger partial charge in [0, 0.05) is 22.9 Å². The van der Waals surface area contributed by atoms with Gasteiger partial charge in [-0.25, -0.2) is 0 Å². The van der Waals surface area contributed by atoms with Crippen molar-refractivity contribution < 1.29 is 9.59 Å². The summed E-state index contributed by atoms with van der Waals surface area (Å²) < 4.78 is 0. The van der Waals surface area contributed by atoms with Crippen molar-refractivity contribution in [3.63, 3.8) is 0 Å². The fraction of sp³-hybridized carbons (Fsp3) is 0.333. The number of hydrogen-bond donors (Lipinski definition) is 2. The van der Waals surface area contributed by atoms with Gasteiger partial charge in [0.05, 0.1) is 0 Å². The number of carbonyl (C=O) groups is 2. The van der Waals surface area contributed by atoms with Gasteiger partial charge in [0.1, 0.15) is 0 Å². The van der Waals surface area contributed by atoms with E-state index in [1.165, 1.54) is 5.56 Å². The number of anilines is 1. The molecule has 1 aliphatic carbocycles. The molecule has 1 aliphatic rings. The molecule has 25 heavy (non-hydrogen) atoms. The fourth-order valence-corrected chi connectivity index (χ4v) is 2.56. The Morgan fingerprint density at radius 3 is 2.20 bits per heavy atom. The standard InChI is InChI=1S/C21H24N2O2/c1-21(2,3)16-9-7-14(8-10-16)19(24)23-18-6-4-5-15(13-18)20(25)22-17-11-12-17/h4-10,13,17H,11-12H2,1-3H3,(H,22,25)(H,23,24). The van der Waals surface area contributed by atoms with E-state index in [2.05, 4.69) is 31.4 Å². The highest BCUT2D eigenvalue weighted by atomic mass is 16.2. The van der Waals surface area contributed by atoms with Crippen molar-refractivity contribution in [1.82, 2.24) is 5.32 Å². The summed E-state index contributed by atoms with van der Waals surface area (Å²) in [5.41, 5.74) is 3.02. The molecule has 2 aromatic rings. The molecule has 3 rings (SSSR count). The van der Waals surface area contributed by atoms with Crippen molar-refractivity contribution in [3.8, 4) is 0 Å². The summed E-state index contributed by atoms with van der Waals surface area (Å²) in [6.45, 7) is 6.42. The molecule has 0 bridgehead atoms. The number of carbonyl (C=O) groups excluding carboxylic acids is 2. The smallest absolute Gasteiger partial charge is 0.255 e. The summed E-state index contributed by atoms with van der Waals surface area (Å²) in [5, 5.41) is 5.81. The second kappa shape index (κ2) is 6.71. The summed E-state index contributed by atoms with van der Waals surface area (Å²) in [6.07, 6.45) is 2.10. The largest absolute Gasteiger partial charge is 0.349 e. The molecule has 1 fully saturated rings. The number of amides is 2. The summed E-state index contributed by atoms with van der Waals surface area (Å²) in [5.74, 6) is -0.270. The van der Waals surface area contributed by atoms with Gasteiger partial charge in [-0.3, -0.25) is 9.59 Å². The lowest BCUT2D eigenvalue weighted by Crippen LogP contribution is -2.25. The van der Waals surface area contributed by atoms with Crippen LogP contribution in [0.15, 0.2) is 48.5 Å². The number of rotatable bonds is 4. The van der Waals surface area contributed by atoms with Crippen molar-refractivity contribution in [2.24, 2.45) is 0 Å². The van der Waals surface area contributed by atoms with E-state index >= 15 is 0 Å². The molecular weight excluding hydrogens is 312 g/mol. The Kier molecular flexibility index (Phi) is 4.62. The zero-order valence-electron chi connectivity index (χ0n) is 14.9. The summed E-state index contributed by atoms with van der Waals surface area (Å²) in [6, 6.07) is 15.0. The Labute approximate surface area is 148 Å². The fourth-order valence-electron chi connectivity index (χ4n) is 2.56. The number of hydrogen-bond acceptors (Lipinski definition) is 2. The maximum absolute atomic E-state index is 12.4. The minimum absolute atomic E-state index is 0.0538. The van der Waals surface area contributed by atoms with Crippen LogP contribution < -0.4 is 10.6 Å². The lowest BCUT2D eigenvalue weighted by molar-refractivity contribution is 0.0949. The zero-order chi connectivity index (χ0) is 18.0. The quantitative estimate of drug-likeness (QED) is 0.882. The normalized spacial score (nSPS) is 14.0. The highest BCUT2D eigenvalue weighted by Gasteiger charge is 2.23. The van der Waals surface area contributed by atoms with E-state index in [0.717, 1.165) is 12.8 Å². The molecule has 0 saturated heterocycles. The third kappa shape index (κ3) is 4.47. The lowest BCUT2D eigenvalue weighted by atomic mass is 9.87. The Balaban J connectivity index is 1.69. The van der Waals surface area contributed by atoms with Crippen molar-refractivity contribution in [1.29, 1.82) is 0 Å². The van der Waals surface area contributed by atoms with Gasteiger partial charge in [0.2, 0.25) is 0 Å². The molecule has 0 heterocycles. The van der Waals surface area contributed by atoms with Crippen LogP contribution in [0.3, 0.4) is 0 Å². The molecule has 0 aromatic heterocycles.